The first-order valence-electron chi connectivity index (χ1n) is 18.4. The number of rotatable bonds is 4. The highest BCUT2D eigenvalue weighted by Gasteiger charge is 2.44. The lowest BCUT2D eigenvalue weighted by molar-refractivity contribution is 0.110. The molecule has 0 radical (unpaired) electrons. The summed E-state index contributed by atoms with van der Waals surface area (Å²) in [6, 6.07) is 19.5. The summed E-state index contributed by atoms with van der Waals surface area (Å²) in [5.74, 6) is 6.33. The number of hydrogen-bond acceptors (Lipinski definition) is 1. The Labute approximate surface area is 257 Å². The number of fused-ring (bicyclic) bond motifs is 6. The molecular weight excluding hydrogens is 506 g/mol. The van der Waals surface area contributed by atoms with E-state index in [2.05, 4.69) is 68.1 Å². The summed E-state index contributed by atoms with van der Waals surface area (Å²) in [4.78, 5) is 2.87. The molecule has 6 bridgehead atoms. The van der Waals surface area contributed by atoms with Crippen molar-refractivity contribution >= 4 is 5.69 Å². The predicted molar refractivity (Wildman–Crippen MR) is 178 cm³/mol. The minimum absolute atomic E-state index is 0.419. The lowest BCUT2D eigenvalue weighted by Gasteiger charge is -2.50. The summed E-state index contributed by atoms with van der Waals surface area (Å²) in [5.41, 5.74) is 8.36. The predicted octanol–water partition coefficient (Wildman–Crippen LogP) is 11.3. The maximum absolute atomic E-state index is 2.87. The van der Waals surface area contributed by atoms with Gasteiger partial charge in [0, 0.05) is 17.8 Å². The number of nitrogens with zero attached hydrogens (tertiary/aromatic N) is 1. The largest absolute Gasteiger partial charge is 0.366 e. The smallest absolute Gasteiger partial charge is 0.0377 e. The minimum Gasteiger partial charge on any atom is -0.366 e. The Bertz CT molecular complexity index is 1240. The monoisotopic (exact) mass is 563 g/mol. The van der Waals surface area contributed by atoms with Crippen LogP contribution in [0.25, 0.3) is 11.1 Å². The molecule has 0 aromatic heterocycles. The van der Waals surface area contributed by atoms with Crippen LogP contribution in [-0.4, -0.2) is 12.1 Å². The third kappa shape index (κ3) is 5.17. The van der Waals surface area contributed by atoms with Gasteiger partial charge in [0.05, 0.1) is 0 Å². The molecule has 2 aromatic carbocycles. The zero-order valence-corrected chi connectivity index (χ0v) is 27.0. The first-order valence-corrected chi connectivity index (χ1v) is 18.4. The second-order valence-electron chi connectivity index (χ2n) is 17.1. The fourth-order valence-electron chi connectivity index (χ4n) is 12.3. The molecule has 7 atom stereocenters. The Balaban J connectivity index is 1.19. The third-order valence-corrected chi connectivity index (χ3v) is 13.5. The molecule has 6 aliphatic rings. The van der Waals surface area contributed by atoms with Crippen LogP contribution in [0, 0.1) is 35.5 Å². The third-order valence-electron chi connectivity index (χ3n) is 13.5. The molecule has 2 aromatic rings. The molecule has 8 rings (SSSR count). The van der Waals surface area contributed by atoms with Gasteiger partial charge in [0.15, 0.2) is 0 Å². The summed E-state index contributed by atoms with van der Waals surface area (Å²) in [5, 5.41) is 0. The van der Waals surface area contributed by atoms with Crippen LogP contribution in [0.4, 0.5) is 5.69 Å². The minimum atomic E-state index is 0.419. The van der Waals surface area contributed by atoms with E-state index in [1.807, 2.05) is 0 Å². The van der Waals surface area contributed by atoms with E-state index in [0.717, 1.165) is 53.5 Å². The van der Waals surface area contributed by atoms with Crippen molar-refractivity contribution < 1.29 is 0 Å². The quantitative estimate of drug-likeness (QED) is 0.357. The van der Waals surface area contributed by atoms with Gasteiger partial charge in [-0.3, -0.25) is 0 Å². The first-order chi connectivity index (χ1) is 20.4. The highest BCUT2D eigenvalue weighted by Crippen LogP contribution is 2.54. The summed E-state index contributed by atoms with van der Waals surface area (Å²) in [6.07, 6.45) is 22.9. The summed E-state index contributed by atoms with van der Waals surface area (Å²) >= 11 is 0. The first kappa shape index (κ1) is 27.8. The van der Waals surface area contributed by atoms with Crippen LogP contribution in [0.2, 0.25) is 0 Å². The Morgan fingerprint density at radius 1 is 0.619 bits per heavy atom. The Morgan fingerprint density at radius 3 is 2.14 bits per heavy atom. The molecule has 0 amide bonds. The van der Waals surface area contributed by atoms with Gasteiger partial charge in [-0.1, -0.05) is 63.9 Å². The Hall–Kier alpha value is -1.76. The average Bonchev–Trinajstić information content (AvgIpc) is 2.95. The molecule has 42 heavy (non-hydrogen) atoms. The van der Waals surface area contributed by atoms with Crippen molar-refractivity contribution in [1.82, 2.24) is 0 Å². The van der Waals surface area contributed by atoms with Gasteiger partial charge < -0.3 is 4.90 Å². The zero-order chi connectivity index (χ0) is 28.4. The van der Waals surface area contributed by atoms with Crippen molar-refractivity contribution in [1.29, 1.82) is 0 Å². The molecule has 7 unspecified atom stereocenters. The van der Waals surface area contributed by atoms with Crippen LogP contribution in [-0.2, 0) is 5.41 Å². The van der Waals surface area contributed by atoms with E-state index >= 15 is 0 Å². The van der Waals surface area contributed by atoms with E-state index in [1.54, 1.807) is 11.1 Å². The molecule has 4 saturated carbocycles. The van der Waals surface area contributed by atoms with Gasteiger partial charge in [-0.15, -0.1) is 0 Å². The molecular formula is C41H57N. The second-order valence-corrected chi connectivity index (χ2v) is 17.1. The van der Waals surface area contributed by atoms with Crippen molar-refractivity contribution in [3.8, 4) is 11.1 Å². The molecule has 1 nitrogen and oxygen atoms in total. The van der Waals surface area contributed by atoms with E-state index in [1.165, 1.54) is 120 Å². The van der Waals surface area contributed by atoms with Crippen LogP contribution >= 0.6 is 0 Å². The second kappa shape index (κ2) is 11.0. The Morgan fingerprint density at radius 2 is 1.36 bits per heavy atom. The van der Waals surface area contributed by atoms with E-state index in [4.69, 9.17) is 0 Å². The van der Waals surface area contributed by atoms with Crippen molar-refractivity contribution in [2.45, 2.75) is 147 Å². The van der Waals surface area contributed by atoms with E-state index in [0.29, 0.717) is 5.41 Å². The molecule has 2 aliphatic heterocycles. The standard InChI is InChI=1S/C41H57N/c1-27-13-31-18-32(14-27)20-34(19-31)36-21-35(22-37(23-36)41-12-6-7-30(26-41)15-29(3)25-41)33-8-4-9-40(24-33)42-38-10-5-11-39(42)17-28(2)16-38/h4,8-9,21-24,27-32,34,38-39H,5-7,10-20,25-26H2,1-3H3. The summed E-state index contributed by atoms with van der Waals surface area (Å²) in [7, 11) is 0. The molecule has 0 N–H and O–H groups in total. The fraction of sp³-hybridized carbons (Fsp3) is 0.707. The van der Waals surface area contributed by atoms with Gasteiger partial charge in [0.2, 0.25) is 0 Å². The highest BCUT2D eigenvalue weighted by molar-refractivity contribution is 5.71. The highest BCUT2D eigenvalue weighted by atomic mass is 15.2. The number of hydrogen-bond donors (Lipinski definition) is 0. The van der Waals surface area contributed by atoms with Crippen LogP contribution in [0.3, 0.4) is 0 Å². The molecule has 2 heterocycles. The van der Waals surface area contributed by atoms with E-state index < -0.39 is 0 Å². The van der Waals surface area contributed by atoms with Crippen LogP contribution in [0.5, 0.6) is 0 Å². The zero-order valence-electron chi connectivity index (χ0n) is 27.0. The molecule has 6 fully saturated rings. The summed E-state index contributed by atoms with van der Waals surface area (Å²) in [6.45, 7) is 7.57. The van der Waals surface area contributed by atoms with Gasteiger partial charge >= 0.3 is 0 Å². The summed E-state index contributed by atoms with van der Waals surface area (Å²) < 4.78 is 0. The van der Waals surface area contributed by atoms with Gasteiger partial charge in [-0.25, -0.2) is 0 Å². The van der Waals surface area contributed by atoms with Crippen molar-refractivity contribution in [2.75, 3.05) is 4.90 Å². The SMILES string of the molecule is CC1CC2CC(C1)CC(c1cc(-c3cccc(N4C5CCCC4CC(C)C5)c3)cc(C34CCCC(CC(C)C3)C4)c1)C2. The maximum Gasteiger partial charge on any atom is 0.0377 e. The number of benzene rings is 2. The van der Waals surface area contributed by atoms with Gasteiger partial charge in [-0.2, -0.15) is 0 Å². The van der Waals surface area contributed by atoms with Crippen molar-refractivity contribution in [3.63, 3.8) is 0 Å². The van der Waals surface area contributed by atoms with Crippen LogP contribution in [0.15, 0.2) is 42.5 Å². The van der Waals surface area contributed by atoms with E-state index in [9.17, 15) is 0 Å². The topological polar surface area (TPSA) is 3.24 Å². The molecule has 226 valence electrons. The fourth-order valence-corrected chi connectivity index (χ4v) is 12.3. The van der Waals surface area contributed by atoms with Gasteiger partial charge in [-0.05, 0) is 171 Å². The van der Waals surface area contributed by atoms with Crippen molar-refractivity contribution in [3.05, 3.63) is 53.6 Å². The lowest BCUT2D eigenvalue weighted by Crippen LogP contribution is -2.52. The lowest BCUT2D eigenvalue weighted by atomic mass is 9.56. The van der Waals surface area contributed by atoms with Gasteiger partial charge in [0.1, 0.15) is 0 Å². The van der Waals surface area contributed by atoms with Crippen molar-refractivity contribution in [2.24, 2.45) is 35.5 Å². The van der Waals surface area contributed by atoms with Crippen LogP contribution < -0.4 is 4.90 Å². The molecule has 2 saturated heterocycles. The number of piperidine rings is 2. The normalized spacial score (nSPS) is 41.4. The average molecular weight is 564 g/mol. The molecule has 1 heteroatoms. The number of anilines is 1. The van der Waals surface area contributed by atoms with E-state index in [-0.39, 0.29) is 0 Å². The molecule has 4 aliphatic carbocycles. The van der Waals surface area contributed by atoms with Crippen LogP contribution in [0.1, 0.15) is 141 Å². The van der Waals surface area contributed by atoms with Gasteiger partial charge in [0.25, 0.3) is 0 Å². The Kier molecular flexibility index (Phi) is 7.27. The molecule has 0 spiro atoms. The maximum atomic E-state index is 2.87.